The summed E-state index contributed by atoms with van der Waals surface area (Å²) in [5.74, 6) is -1.72. The molecule has 0 aliphatic rings. The number of ether oxygens (including phenoxy) is 1. The van der Waals surface area contributed by atoms with Gasteiger partial charge in [0.05, 0.1) is 23.8 Å². The minimum atomic E-state index is -0.753. The molecule has 3 aromatic carbocycles. The third kappa shape index (κ3) is 7.17. The van der Waals surface area contributed by atoms with Gasteiger partial charge in [-0.15, -0.1) is 0 Å². The lowest BCUT2D eigenvalue weighted by molar-refractivity contribution is -0.385. The summed E-state index contributed by atoms with van der Waals surface area (Å²) in [6, 6.07) is 17.9. The number of benzene rings is 3. The first-order valence-electron chi connectivity index (χ1n) is 11.5. The van der Waals surface area contributed by atoms with E-state index in [-0.39, 0.29) is 35.1 Å². The van der Waals surface area contributed by atoms with E-state index in [2.05, 4.69) is 15.8 Å². The van der Waals surface area contributed by atoms with Gasteiger partial charge in [0.1, 0.15) is 5.70 Å². The number of hydrogen-bond acceptors (Lipinski definition) is 8. The van der Waals surface area contributed by atoms with E-state index in [9.17, 15) is 24.8 Å². The van der Waals surface area contributed by atoms with Gasteiger partial charge in [-0.2, -0.15) is 5.10 Å². The van der Waals surface area contributed by atoms with Gasteiger partial charge in [-0.1, -0.05) is 30.3 Å². The number of phenolic OH excluding ortho intramolecular Hbond substituents is 1. The first kappa shape index (κ1) is 27.4. The van der Waals surface area contributed by atoms with Gasteiger partial charge >= 0.3 is 0 Å². The summed E-state index contributed by atoms with van der Waals surface area (Å²) in [6.07, 6.45) is 2.54. The number of rotatable bonds is 10. The van der Waals surface area contributed by atoms with Crippen LogP contribution in [-0.4, -0.2) is 48.8 Å². The summed E-state index contributed by atoms with van der Waals surface area (Å²) in [5, 5.41) is 28.0. The SMILES string of the molecule is CCOc1cc([N+](=O)[O-])cc(/C=N/NC(=O)/C(=C/c2ccc(N(C)C)cc2)NC(=O)c2ccccc2)c1O. The Morgan fingerprint density at radius 3 is 2.39 bits per heavy atom. The number of phenols is 1. The molecule has 3 rings (SSSR count). The summed E-state index contributed by atoms with van der Waals surface area (Å²) in [4.78, 5) is 38.3. The minimum absolute atomic E-state index is 0.0407. The summed E-state index contributed by atoms with van der Waals surface area (Å²) >= 11 is 0. The molecule has 0 aromatic heterocycles. The van der Waals surface area contributed by atoms with Crippen LogP contribution in [-0.2, 0) is 4.79 Å². The zero-order valence-electron chi connectivity index (χ0n) is 21.0. The van der Waals surface area contributed by atoms with E-state index in [1.807, 2.05) is 31.1 Å². The first-order valence-corrected chi connectivity index (χ1v) is 11.5. The topological polar surface area (TPSA) is 146 Å². The van der Waals surface area contributed by atoms with Crippen molar-refractivity contribution in [1.82, 2.24) is 10.7 Å². The van der Waals surface area contributed by atoms with E-state index in [4.69, 9.17) is 4.74 Å². The van der Waals surface area contributed by atoms with Crippen LogP contribution in [0.15, 0.2) is 77.5 Å². The maximum Gasteiger partial charge on any atom is 0.287 e. The van der Waals surface area contributed by atoms with Gasteiger partial charge in [0, 0.05) is 37.0 Å². The van der Waals surface area contributed by atoms with Crippen LogP contribution in [0.5, 0.6) is 11.5 Å². The molecule has 0 fully saturated rings. The summed E-state index contributed by atoms with van der Waals surface area (Å²) < 4.78 is 5.25. The Hall–Kier alpha value is -5.19. The minimum Gasteiger partial charge on any atom is -0.504 e. The maximum absolute atomic E-state index is 13.0. The predicted molar refractivity (Wildman–Crippen MR) is 144 cm³/mol. The molecule has 11 nitrogen and oxygen atoms in total. The van der Waals surface area contributed by atoms with Crippen LogP contribution in [0.4, 0.5) is 11.4 Å². The van der Waals surface area contributed by atoms with Crippen LogP contribution in [0.1, 0.15) is 28.4 Å². The Labute approximate surface area is 219 Å². The Kier molecular flexibility index (Phi) is 9.14. The van der Waals surface area contributed by atoms with Crippen molar-refractivity contribution >= 4 is 35.5 Å². The number of carbonyl (C=O) groups excluding carboxylic acids is 2. The molecule has 196 valence electrons. The highest BCUT2D eigenvalue weighted by molar-refractivity contribution is 6.05. The smallest absolute Gasteiger partial charge is 0.287 e. The standard InChI is InChI=1S/C27H27N5O6/c1-4-38-24-16-22(32(36)37)15-20(25(24)33)17-28-30-27(35)23(29-26(34)19-8-6-5-7-9-19)14-18-10-12-21(13-11-18)31(2)3/h5-17,33H,4H2,1-3H3,(H,29,34)(H,30,35)/b23-14-,28-17+. The van der Waals surface area contributed by atoms with Crippen LogP contribution >= 0.6 is 0 Å². The Bertz CT molecular complexity index is 1370. The number of hydrogen-bond donors (Lipinski definition) is 3. The zero-order valence-corrected chi connectivity index (χ0v) is 21.0. The normalized spacial score (nSPS) is 11.2. The van der Waals surface area contributed by atoms with E-state index < -0.39 is 16.7 Å². The largest absolute Gasteiger partial charge is 0.504 e. The van der Waals surface area contributed by atoms with Crippen molar-refractivity contribution in [3.63, 3.8) is 0 Å². The predicted octanol–water partition coefficient (Wildman–Crippen LogP) is 3.69. The van der Waals surface area contributed by atoms with E-state index in [1.54, 1.807) is 49.4 Å². The molecule has 11 heteroatoms. The van der Waals surface area contributed by atoms with Gasteiger partial charge in [-0.05, 0) is 42.8 Å². The number of aromatic hydroxyl groups is 1. The van der Waals surface area contributed by atoms with Crippen LogP contribution in [0.25, 0.3) is 6.08 Å². The second-order valence-corrected chi connectivity index (χ2v) is 8.14. The molecule has 0 aliphatic heterocycles. The number of nitrogens with zero attached hydrogens (tertiary/aromatic N) is 3. The monoisotopic (exact) mass is 517 g/mol. The van der Waals surface area contributed by atoms with E-state index in [0.717, 1.165) is 24.0 Å². The van der Waals surface area contributed by atoms with Crippen molar-refractivity contribution in [3.8, 4) is 11.5 Å². The number of anilines is 1. The van der Waals surface area contributed by atoms with Gasteiger partial charge < -0.3 is 20.1 Å². The Balaban J connectivity index is 1.88. The summed E-state index contributed by atoms with van der Waals surface area (Å²) in [5.41, 5.74) is 3.78. The van der Waals surface area contributed by atoms with Gasteiger partial charge in [-0.25, -0.2) is 5.43 Å². The number of nitro groups is 1. The van der Waals surface area contributed by atoms with E-state index in [1.165, 1.54) is 6.08 Å². The van der Waals surface area contributed by atoms with Crippen LogP contribution in [0.2, 0.25) is 0 Å². The lowest BCUT2D eigenvalue weighted by Crippen LogP contribution is -2.32. The molecular formula is C27H27N5O6. The molecule has 3 aromatic rings. The molecule has 2 amide bonds. The highest BCUT2D eigenvalue weighted by Gasteiger charge is 2.17. The van der Waals surface area contributed by atoms with Crippen LogP contribution in [0, 0.1) is 10.1 Å². The Morgan fingerprint density at radius 2 is 1.79 bits per heavy atom. The fourth-order valence-electron chi connectivity index (χ4n) is 3.28. The lowest BCUT2D eigenvalue weighted by Gasteiger charge is -2.13. The van der Waals surface area contributed by atoms with Gasteiger partial charge in [-0.3, -0.25) is 19.7 Å². The third-order valence-corrected chi connectivity index (χ3v) is 5.22. The number of nitro benzene ring substituents is 1. The van der Waals surface area contributed by atoms with Crippen molar-refractivity contribution in [2.45, 2.75) is 6.92 Å². The number of carbonyl (C=O) groups is 2. The number of hydrazone groups is 1. The van der Waals surface area contributed by atoms with E-state index >= 15 is 0 Å². The van der Waals surface area contributed by atoms with Crippen molar-refractivity contribution in [2.24, 2.45) is 5.10 Å². The quantitative estimate of drug-likeness (QED) is 0.161. The van der Waals surface area contributed by atoms with Crippen molar-refractivity contribution in [1.29, 1.82) is 0 Å². The highest BCUT2D eigenvalue weighted by Crippen LogP contribution is 2.33. The second kappa shape index (κ2) is 12.7. The van der Waals surface area contributed by atoms with Gasteiger partial charge in [0.25, 0.3) is 17.5 Å². The van der Waals surface area contributed by atoms with Crippen molar-refractivity contribution in [3.05, 3.63) is 99.2 Å². The summed E-state index contributed by atoms with van der Waals surface area (Å²) in [7, 11) is 3.80. The zero-order chi connectivity index (χ0) is 27.7. The van der Waals surface area contributed by atoms with Gasteiger partial charge in [0.2, 0.25) is 0 Å². The molecule has 0 radical (unpaired) electrons. The molecule has 0 heterocycles. The molecule has 0 bridgehead atoms. The average Bonchev–Trinajstić information content (AvgIpc) is 2.90. The molecule has 0 saturated carbocycles. The molecule has 0 aliphatic carbocycles. The van der Waals surface area contributed by atoms with Gasteiger partial charge in [0.15, 0.2) is 11.5 Å². The Morgan fingerprint density at radius 1 is 1.11 bits per heavy atom. The highest BCUT2D eigenvalue weighted by atomic mass is 16.6. The fourth-order valence-corrected chi connectivity index (χ4v) is 3.28. The average molecular weight is 518 g/mol. The van der Waals surface area contributed by atoms with E-state index in [0.29, 0.717) is 11.1 Å². The molecule has 0 unspecified atom stereocenters. The van der Waals surface area contributed by atoms with Crippen LogP contribution in [0.3, 0.4) is 0 Å². The molecule has 3 N–H and O–H groups in total. The molecule has 0 atom stereocenters. The van der Waals surface area contributed by atoms with Crippen LogP contribution < -0.4 is 20.4 Å². The lowest BCUT2D eigenvalue weighted by atomic mass is 10.1. The molecular weight excluding hydrogens is 490 g/mol. The number of nitrogens with one attached hydrogen (secondary N) is 2. The molecule has 38 heavy (non-hydrogen) atoms. The molecule has 0 spiro atoms. The number of non-ortho nitro benzene ring substituents is 1. The summed E-state index contributed by atoms with van der Waals surface area (Å²) in [6.45, 7) is 1.84. The first-order chi connectivity index (χ1) is 18.2. The van der Waals surface area contributed by atoms with Crippen molar-refractivity contribution in [2.75, 3.05) is 25.6 Å². The third-order valence-electron chi connectivity index (χ3n) is 5.22. The van der Waals surface area contributed by atoms with Crippen molar-refractivity contribution < 1.29 is 24.4 Å². The maximum atomic E-state index is 13.0. The fraction of sp³-hybridized carbons (Fsp3) is 0.148. The second-order valence-electron chi connectivity index (χ2n) is 8.14. The number of amides is 2. The molecule has 0 saturated heterocycles.